The number of thioether (sulfide) groups is 1. The number of nitro groups is 1. The van der Waals surface area contributed by atoms with Gasteiger partial charge in [-0.3, -0.25) is 10.1 Å². The van der Waals surface area contributed by atoms with Gasteiger partial charge in [0.1, 0.15) is 11.8 Å². The maximum atomic E-state index is 11.4. The van der Waals surface area contributed by atoms with Crippen LogP contribution >= 0.6 is 23.4 Å². The Hall–Kier alpha value is -1.04. The van der Waals surface area contributed by atoms with Gasteiger partial charge in [-0.2, -0.15) is 0 Å². The van der Waals surface area contributed by atoms with E-state index in [0.29, 0.717) is 11.6 Å². The standard InChI is InChI=1S/C15H22ClN3O6S/c1-2-5-26-15-17-9(11(19(23)24)14(16)18-15)6-8-7-10(25-4-3-20)13(22)12(8)21/h8,10,12-13,20-22H,2-7H2,1H3/t8-,10+,12+,13-/m1/s1. The second-order valence-corrected chi connectivity index (χ2v) is 7.43. The van der Waals surface area contributed by atoms with Gasteiger partial charge in [0, 0.05) is 12.2 Å². The van der Waals surface area contributed by atoms with Gasteiger partial charge in [0.25, 0.3) is 0 Å². The molecule has 1 heterocycles. The Kier molecular flexibility index (Phi) is 7.99. The predicted molar refractivity (Wildman–Crippen MR) is 95.4 cm³/mol. The Labute approximate surface area is 159 Å². The lowest BCUT2D eigenvalue weighted by atomic mass is 9.98. The molecule has 26 heavy (non-hydrogen) atoms. The van der Waals surface area contributed by atoms with Gasteiger partial charge in [0.05, 0.1) is 30.3 Å². The number of aliphatic hydroxyl groups excluding tert-OH is 3. The van der Waals surface area contributed by atoms with Crippen molar-refractivity contribution in [3.63, 3.8) is 0 Å². The summed E-state index contributed by atoms with van der Waals surface area (Å²) < 4.78 is 5.32. The highest BCUT2D eigenvalue weighted by Crippen LogP contribution is 2.35. The van der Waals surface area contributed by atoms with Gasteiger partial charge < -0.3 is 20.1 Å². The zero-order valence-corrected chi connectivity index (χ0v) is 15.8. The lowest BCUT2D eigenvalue weighted by Crippen LogP contribution is -2.33. The number of halogens is 1. The third-order valence-corrected chi connectivity index (χ3v) is 5.46. The summed E-state index contributed by atoms with van der Waals surface area (Å²) in [4.78, 5) is 19.0. The van der Waals surface area contributed by atoms with Gasteiger partial charge >= 0.3 is 5.69 Å². The summed E-state index contributed by atoms with van der Waals surface area (Å²) in [5, 5.41) is 40.6. The average molecular weight is 408 g/mol. The number of hydrogen-bond donors (Lipinski definition) is 3. The van der Waals surface area contributed by atoms with E-state index in [0.717, 1.165) is 12.2 Å². The lowest BCUT2D eigenvalue weighted by molar-refractivity contribution is -0.386. The Morgan fingerprint density at radius 3 is 2.73 bits per heavy atom. The van der Waals surface area contributed by atoms with Crippen LogP contribution in [0, 0.1) is 16.0 Å². The molecule has 0 unspecified atom stereocenters. The highest BCUT2D eigenvalue weighted by Gasteiger charge is 2.43. The van der Waals surface area contributed by atoms with Gasteiger partial charge in [0.15, 0.2) is 5.16 Å². The highest BCUT2D eigenvalue weighted by molar-refractivity contribution is 7.99. The first-order valence-corrected chi connectivity index (χ1v) is 9.67. The smallest absolute Gasteiger partial charge is 0.327 e. The van der Waals surface area contributed by atoms with Crippen molar-refractivity contribution in [1.29, 1.82) is 0 Å². The maximum absolute atomic E-state index is 11.4. The summed E-state index contributed by atoms with van der Waals surface area (Å²) in [6.45, 7) is 1.83. The van der Waals surface area contributed by atoms with Crippen LogP contribution in [0.15, 0.2) is 5.16 Å². The lowest BCUT2D eigenvalue weighted by Gasteiger charge is -2.17. The summed E-state index contributed by atoms with van der Waals surface area (Å²) in [6, 6.07) is 0. The molecule has 0 spiro atoms. The van der Waals surface area contributed by atoms with Gasteiger partial charge in [-0.25, -0.2) is 9.97 Å². The molecule has 3 N–H and O–H groups in total. The number of ether oxygens (including phenoxy) is 1. The first kappa shape index (κ1) is 21.3. The number of rotatable bonds is 9. The zero-order valence-electron chi connectivity index (χ0n) is 14.2. The van der Waals surface area contributed by atoms with E-state index in [4.69, 9.17) is 21.4 Å². The Balaban J connectivity index is 2.23. The molecule has 11 heteroatoms. The van der Waals surface area contributed by atoms with Crippen LogP contribution in [0.2, 0.25) is 5.15 Å². The Morgan fingerprint density at radius 2 is 2.12 bits per heavy atom. The van der Waals surface area contributed by atoms with Crippen molar-refractivity contribution in [2.75, 3.05) is 19.0 Å². The van der Waals surface area contributed by atoms with Crippen LogP contribution in [-0.4, -0.2) is 67.5 Å². The third-order valence-electron chi connectivity index (χ3n) is 4.14. The van der Waals surface area contributed by atoms with Crippen LogP contribution in [0.1, 0.15) is 25.5 Å². The molecule has 0 saturated heterocycles. The van der Waals surface area contributed by atoms with E-state index >= 15 is 0 Å². The number of aromatic nitrogens is 2. The molecular weight excluding hydrogens is 386 g/mol. The summed E-state index contributed by atoms with van der Waals surface area (Å²) in [6.07, 6.45) is -1.65. The molecule has 2 rings (SSSR count). The molecule has 1 aromatic rings. The molecule has 146 valence electrons. The fourth-order valence-corrected chi connectivity index (χ4v) is 3.95. The summed E-state index contributed by atoms with van der Waals surface area (Å²) in [7, 11) is 0. The molecule has 0 aromatic carbocycles. The van der Waals surface area contributed by atoms with Crippen molar-refractivity contribution in [3.8, 4) is 0 Å². The normalized spacial score (nSPS) is 25.6. The van der Waals surface area contributed by atoms with Gasteiger partial charge in [-0.05, 0) is 18.8 Å². The molecule has 1 aromatic heterocycles. The minimum atomic E-state index is -1.13. The van der Waals surface area contributed by atoms with Crippen LogP contribution < -0.4 is 0 Å². The summed E-state index contributed by atoms with van der Waals surface area (Å²) in [5.41, 5.74) is -0.249. The van der Waals surface area contributed by atoms with Crippen molar-refractivity contribution in [2.45, 2.75) is 49.7 Å². The minimum absolute atomic E-state index is 0.0401. The molecule has 0 radical (unpaired) electrons. The molecule has 0 bridgehead atoms. The number of hydrogen-bond acceptors (Lipinski definition) is 9. The predicted octanol–water partition coefficient (Wildman–Crippen LogP) is 1.20. The molecule has 1 aliphatic rings. The van der Waals surface area contributed by atoms with Crippen molar-refractivity contribution < 1.29 is 25.0 Å². The maximum Gasteiger partial charge on any atom is 0.327 e. The second kappa shape index (κ2) is 9.77. The molecule has 1 saturated carbocycles. The molecule has 4 atom stereocenters. The summed E-state index contributed by atoms with van der Waals surface area (Å²) in [5.74, 6) is 0.262. The van der Waals surface area contributed by atoms with E-state index in [2.05, 4.69) is 9.97 Å². The highest BCUT2D eigenvalue weighted by atomic mass is 35.5. The van der Waals surface area contributed by atoms with E-state index in [-0.39, 0.29) is 36.2 Å². The van der Waals surface area contributed by atoms with E-state index in [1.807, 2.05) is 6.92 Å². The Bertz CT molecular complexity index is 638. The largest absolute Gasteiger partial charge is 0.394 e. The third kappa shape index (κ3) is 5.02. The van der Waals surface area contributed by atoms with Crippen LogP contribution in [0.5, 0.6) is 0 Å². The van der Waals surface area contributed by atoms with E-state index in [9.17, 15) is 20.3 Å². The molecule has 1 aliphatic carbocycles. The quantitative estimate of drug-likeness (QED) is 0.181. The van der Waals surface area contributed by atoms with E-state index in [1.165, 1.54) is 11.8 Å². The first-order chi connectivity index (χ1) is 12.4. The van der Waals surface area contributed by atoms with Crippen LogP contribution in [0.4, 0.5) is 5.69 Å². The van der Waals surface area contributed by atoms with Crippen molar-refractivity contribution in [3.05, 3.63) is 21.0 Å². The second-order valence-electron chi connectivity index (χ2n) is 6.01. The van der Waals surface area contributed by atoms with Gasteiger partial charge in [-0.1, -0.05) is 30.3 Å². The molecule has 1 fully saturated rings. The first-order valence-electron chi connectivity index (χ1n) is 8.31. The minimum Gasteiger partial charge on any atom is -0.394 e. The average Bonchev–Trinajstić information content (AvgIpc) is 2.85. The van der Waals surface area contributed by atoms with Gasteiger partial charge in [0.2, 0.25) is 5.15 Å². The molecular formula is C15H22ClN3O6S. The SMILES string of the molecule is CCCSc1nc(Cl)c([N+](=O)[O-])c(C[C@@H]2C[C@H](OCCO)[C@@H](O)[C@H]2O)n1. The fourth-order valence-electron chi connectivity index (χ4n) is 2.93. The van der Waals surface area contributed by atoms with E-state index < -0.39 is 29.2 Å². The van der Waals surface area contributed by atoms with Gasteiger partial charge in [-0.15, -0.1) is 0 Å². The topological polar surface area (TPSA) is 139 Å². The molecule has 9 nitrogen and oxygen atoms in total. The van der Waals surface area contributed by atoms with E-state index in [1.54, 1.807) is 0 Å². The van der Waals surface area contributed by atoms with Crippen molar-refractivity contribution in [1.82, 2.24) is 9.97 Å². The molecule has 0 amide bonds. The van der Waals surface area contributed by atoms with Crippen molar-refractivity contribution >= 4 is 29.1 Å². The molecule has 0 aliphatic heterocycles. The number of nitrogens with zero attached hydrogens (tertiary/aromatic N) is 3. The monoisotopic (exact) mass is 407 g/mol. The Morgan fingerprint density at radius 1 is 1.38 bits per heavy atom. The number of aliphatic hydroxyl groups is 3. The zero-order chi connectivity index (χ0) is 19.3. The summed E-state index contributed by atoms with van der Waals surface area (Å²) >= 11 is 7.33. The van der Waals surface area contributed by atoms with Crippen LogP contribution in [0.25, 0.3) is 0 Å². The van der Waals surface area contributed by atoms with Crippen LogP contribution in [-0.2, 0) is 11.2 Å². The van der Waals surface area contributed by atoms with Crippen LogP contribution in [0.3, 0.4) is 0 Å². The fraction of sp³-hybridized carbons (Fsp3) is 0.733. The van der Waals surface area contributed by atoms with Crippen molar-refractivity contribution in [2.24, 2.45) is 5.92 Å².